The van der Waals surface area contributed by atoms with Gasteiger partial charge in [-0.15, -0.1) is 11.3 Å². The SMILES string of the molecule is COc1ccc(C[C@@](C)(O)CNC(=O)C(=O)NCc2cccs2)cc1. The van der Waals surface area contributed by atoms with Crippen LogP contribution < -0.4 is 15.4 Å². The first kappa shape index (κ1) is 19.0. The van der Waals surface area contributed by atoms with Gasteiger partial charge in [-0.2, -0.15) is 0 Å². The summed E-state index contributed by atoms with van der Waals surface area (Å²) >= 11 is 1.50. The van der Waals surface area contributed by atoms with E-state index in [0.717, 1.165) is 16.2 Å². The molecule has 1 aromatic carbocycles. The van der Waals surface area contributed by atoms with Crippen molar-refractivity contribution in [2.24, 2.45) is 0 Å². The number of aliphatic hydroxyl groups is 1. The van der Waals surface area contributed by atoms with Crippen molar-refractivity contribution >= 4 is 23.2 Å². The van der Waals surface area contributed by atoms with E-state index in [-0.39, 0.29) is 6.54 Å². The fourth-order valence-electron chi connectivity index (χ4n) is 2.26. The third kappa shape index (κ3) is 6.21. The molecule has 0 saturated heterocycles. The Labute approximate surface area is 150 Å². The summed E-state index contributed by atoms with van der Waals surface area (Å²) in [6, 6.07) is 11.1. The Morgan fingerprint density at radius 3 is 2.44 bits per heavy atom. The molecular weight excluding hydrogens is 340 g/mol. The molecule has 7 heteroatoms. The Kier molecular flexibility index (Phi) is 6.55. The van der Waals surface area contributed by atoms with Crippen LogP contribution in [0.25, 0.3) is 0 Å². The van der Waals surface area contributed by atoms with E-state index in [4.69, 9.17) is 4.74 Å². The predicted octanol–water partition coefficient (Wildman–Crippen LogP) is 1.48. The smallest absolute Gasteiger partial charge is 0.309 e. The first-order valence-corrected chi connectivity index (χ1v) is 8.71. The highest BCUT2D eigenvalue weighted by Crippen LogP contribution is 2.16. The lowest BCUT2D eigenvalue weighted by atomic mass is 9.96. The number of benzene rings is 1. The molecule has 0 spiro atoms. The average molecular weight is 362 g/mol. The molecule has 3 N–H and O–H groups in total. The minimum Gasteiger partial charge on any atom is -0.497 e. The molecular formula is C18H22N2O4S. The number of carbonyl (C=O) groups is 2. The van der Waals surface area contributed by atoms with Gasteiger partial charge >= 0.3 is 11.8 Å². The van der Waals surface area contributed by atoms with Crippen LogP contribution in [0.3, 0.4) is 0 Å². The molecule has 1 aromatic heterocycles. The maximum Gasteiger partial charge on any atom is 0.309 e. The number of hydrogen-bond donors (Lipinski definition) is 3. The van der Waals surface area contributed by atoms with Gasteiger partial charge in [-0.1, -0.05) is 18.2 Å². The van der Waals surface area contributed by atoms with Gasteiger partial charge in [0.05, 0.1) is 19.3 Å². The van der Waals surface area contributed by atoms with Gasteiger partial charge < -0.3 is 20.5 Å². The van der Waals surface area contributed by atoms with Crippen LogP contribution in [0.4, 0.5) is 0 Å². The molecule has 1 heterocycles. The Morgan fingerprint density at radius 2 is 1.84 bits per heavy atom. The lowest BCUT2D eigenvalue weighted by Gasteiger charge is -2.23. The van der Waals surface area contributed by atoms with Crippen molar-refractivity contribution in [3.8, 4) is 5.75 Å². The summed E-state index contributed by atoms with van der Waals surface area (Å²) in [6.07, 6.45) is 0.341. The molecule has 0 aliphatic rings. The van der Waals surface area contributed by atoms with E-state index >= 15 is 0 Å². The summed E-state index contributed by atoms with van der Waals surface area (Å²) < 4.78 is 5.09. The van der Waals surface area contributed by atoms with Crippen LogP contribution in [-0.2, 0) is 22.6 Å². The van der Waals surface area contributed by atoms with Gasteiger partial charge in [0.2, 0.25) is 0 Å². The summed E-state index contributed by atoms with van der Waals surface area (Å²) in [5.74, 6) is -0.737. The summed E-state index contributed by atoms with van der Waals surface area (Å²) in [6.45, 7) is 1.90. The number of amides is 2. The summed E-state index contributed by atoms with van der Waals surface area (Å²) in [4.78, 5) is 24.6. The van der Waals surface area contributed by atoms with Crippen LogP contribution in [0, 0.1) is 0 Å². The van der Waals surface area contributed by atoms with Crippen molar-refractivity contribution in [2.45, 2.75) is 25.5 Å². The van der Waals surface area contributed by atoms with E-state index in [1.54, 1.807) is 14.0 Å². The standard InChI is InChI=1S/C18H22N2O4S/c1-18(23,10-13-5-7-14(24-2)8-6-13)12-20-17(22)16(21)19-11-15-4-3-9-25-15/h3-9,23H,10-12H2,1-2H3,(H,19,21)(H,20,22)/t18-/m1/s1. The number of methoxy groups -OCH3 is 1. The second-order valence-corrected chi connectivity index (χ2v) is 7.00. The first-order chi connectivity index (χ1) is 11.9. The molecule has 2 aromatic rings. The number of rotatable bonds is 7. The molecule has 0 aliphatic carbocycles. The Bertz CT molecular complexity index is 696. The Hall–Kier alpha value is -2.38. The van der Waals surface area contributed by atoms with Gasteiger partial charge in [-0.05, 0) is 36.1 Å². The van der Waals surface area contributed by atoms with Gasteiger partial charge in [0.15, 0.2) is 0 Å². The average Bonchev–Trinajstić information content (AvgIpc) is 3.11. The molecule has 6 nitrogen and oxygen atoms in total. The van der Waals surface area contributed by atoms with Crippen LogP contribution in [0.15, 0.2) is 41.8 Å². The summed E-state index contributed by atoms with van der Waals surface area (Å²) in [5.41, 5.74) is -0.264. The lowest BCUT2D eigenvalue weighted by molar-refractivity contribution is -0.139. The molecule has 2 rings (SSSR count). The number of carbonyl (C=O) groups excluding carboxylic acids is 2. The Balaban J connectivity index is 1.78. The van der Waals surface area contributed by atoms with Crippen LogP contribution in [0.1, 0.15) is 17.4 Å². The number of ether oxygens (including phenoxy) is 1. The van der Waals surface area contributed by atoms with E-state index in [9.17, 15) is 14.7 Å². The lowest BCUT2D eigenvalue weighted by Crippen LogP contribution is -2.47. The second kappa shape index (κ2) is 8.64. The van der Waals surface area contributed by atoms with Crippen LogP contribution in [-0.4, -0.2) is 36.2 Å². The molecule has 0 radical (unpaired) electrons. The summed E-state index contributed by atoms with van der Waals surface area (Å²) in [5, 5.41) is 17.4. The zero-order valence-corrected chi connectivity index (χ0v) is 15.1. The zero-order chi connectivity index (χ0) is 18.3. The highest BCUT2D eigenvalue weighted by atomic mass is 32.1. The molecule has 134 valence electrons. The van der Waals surface area contributed by atoms with Gasteiger partial charge in [-0.25, -0.2) is 0 Å². The van der Waals surface area contributed by atoms with E-state index in [0.29, 0.717) is 13.0 Å². The maximum atomic E-state index is 11.8. The van der Waals surface area contributed by atoms with Crippen LogP contribution in [0.5, 0.6) is 5.75 Å². The topological polar surface area (TPSA) is 87.7 Å². The van der Waals surface area contributed by atoms with Crippen molar-refractivity contribution in [1.29, 1.82) is 0 Å². The largest absolute Gasteiger partial charge is 0.497 e. The summed E-state index contributed by atoms with van der Waals surface area (Å²) in [7, 11) is 1.59. The minimum atomic E-state index is -1.17. The Morgan fingerprint density at radius 1 is 1.16 bits per heavy atom. The van der Waals surface area contributed by atoms with Gasteiger partial charge in [0.1, 0.15) is 5.75 Å². The van der Waals surface area contributed by atoms with Gasteiger partial charge in [-0.3, -0.25) is 9.59 Å². The molecule has 0 saturated carbocycles. The molecule has 0 bridgehead atoms. The highest BCUT2D eigenvalue weighted by molar-refractivity contribution is 7.09. The fraction of sp³-hybridized carbons (Fsp3) is 0.333. The van der Waals surface area contributed by atoms with Crippen molar-refractivity contribution in [3.05, 3.63) is 52.2 Å². The van der Waals surface area contributed by atoms with E-state index < -0.39 is 17.4 Å². The molecule has 0 aliphatic heterocycles. The van der Waals surface area contributed by atoms with Gasteiger partial charge in [0.25, 0.3) is 0 Å². The fourth-order valence-corrected chi connectivity index (χ4v) is 2.90. The molecule has 1 atom stereocenters. The first-order valence-electron chi connectivity index (χ1n) is 7.83. The number of nitrogens with one attached hydrogen (secondary N) is 2. The quantitative estimate of drug-likeness (QED) is 0.651. The monoisotopic (exact) mass is 362 g/mol. The van der Waals surface area contributed by atoms with Crippen LogP contribution >= 0.6 is 11.3 Å². The van der Waals surface area contributed by atoms with Gasteiger partial charge in [0, 0.05) is 17.8 Å². The number of thiophene rings is 1. The molecule has 0 unspecified atom stereocenters. The van der Waals surface area contributed by atoms with E-state index in [1.165, 1.54) is 11.3 Å². The third-order valence-corrected chi connectivity index (χ3v) is 4.46. The number of hydrogen-bond acceptors (Lipinski definition) is 5. The maximum absolute atomic E-state index is 11.8. The van der Waals surface area contributed by atoms with Crippen molar-refractivity contribution in [2.75, 3.05) is 13.7 Å². The van der Waals surface area contributed by atoms with Crippen molar-refractivity contribution < 1.29 is 19.4 Å². The molecule has 0 fully saturated rings. The molecule has 2 amide bonds. The predicted molar refractivity (Wildman–Crippen MR) is 96.5 cm³/mol. The molecule has 25 heavy (non-hydrogen) atoms. The van der Waals surface area contributed by atoms with Crippen molar-refractivity contribution in [3.63, 3.8) is 0 Å². The minimum absolute atomic E-state index is 0.0235. The normalized spacial score (nSPS) is 12.9. The van der Waals surface area contributed by atoms with E-state index in [2.05, 4.69) is 10.6 Å². The van der Waals surface area contributed by atoms with E-state index in [1.807, 2.05) is 41.8 Å². The van der Waals surface area contributed by atoms with Crippen LogP contribution in [0.2, 0.25) is 0 Å². The van der Waals surface area contributed by atoms with Crippen molar-refractivity contribution in [1.82, 2.24) is 10.6 Å². The third-order valence-electron chi connectivity index (χ3n) is 3.58. The highest BCUT2D eigenvalue weighted by Gasteiger charge is 2.23. The zero-order valence-electron chi connectivity index (χ0n) is 14.2. The second-order valence-electron chi connectivity index (χ2n) is 5.97.